The quantitative estimate of drug-likeness (QED) is 0.0211. The van der Waals surface area contributed by atoms with Crippen LogP contribution < -0.4 is 0 Å². The molecule has 86 heavy (non-hydrogen) atoms. The van der Waals surface area contributed by atoms with Crippen molar-refractivity contribution < 1.29 is 42.1 Å². The number of quaternary nitrogens is 1. The minimum absolute atomic E-state index is 0.0337. The molecule has 0 aromatic rings. The maximum absolute atomic E-state index is 12.9. The second kappa shape index (κ2) is 67.1. The van der Waals surface area contributed by atoms with Crippen LogP contribution in [-0.2, 0) is 32.7 Å². The topological polar surface area (TPSA) is 108 Å². The third-order valence-corrected chi connectivity index (χ3v) is 17.5. The number of rotatable bonds is 69. The number of esters is 2. The zero-order valence-corrected chi connectivity index (χ0v) is 58.5. The smallest absolute Gasteiger partial charge is 0.462 e. The van der Waals surface area contributed by atoms with E-state index in [1.165, 1.54) is 270 Å². The average Bonchev–Trinajstić information content (AvgIpc) is 3.56. The van der Waals surface area contributed by atoms with Gasteiger partial charge < -0.3 is 18.9 Å². The van der Waals surface area contributed by atoms with Crippen LogP contribution in [0.3, 0.4) is 0 Å². The van der Waals surface area contributed by atoms with E-state index in [4.69, 9.17) is 18.5 Å². The summed E-state index contributed by atoms with van der Waals surface area (Å²) in [4.78, 5) is 35.9. The molecular weight excluding hydrogens is 1090 g/mol. The van der Waals surface area contributed by atoms with Crippen LogP contribution in [0.4, 0.5) is 0 Å². The van der Waals surface area contributed by atoms with Gasteiger partial charge in [0.05, 0.1) is 27.7 Å². The summed E-state index contributed by atoms with van der Waals surface area (Å²) in [7, 11) is 1.50. The molecule has 0 heterocycles. The molecule has 9 nitrogen and oxygen atoms in total. The van der Waals surface area contributed by atoms with Gasteiger partial charge in [-0.3, -0.25) is 18.6 Å². The standard InChI is InChI=1S/C76H142NO8P/c1-6-8-10-12-14-16-18-20-22-24-26-28-30-32-34-35-36-37-38-39-40-41-43-45-47-49-51-53-55-57-59-61-63-65-67-69-76(79)85-74(73-84-86(80,81)83-71-70-77(3,4)5)72-82-75(78)68-66-64-62-60-58-56-54-52-50-48-46-44-42-33-31-29-27-25-23-21-19-17-15-13-11-9-7-2/h8,10,14,16,20,22,25-28,74H,6-7,9,11-13,15,17-19,21,23-24,29-73H2,1-5H3/p+1/b10-8-,16-14-,22-20-,27-25-,28-26-. The number of ether oxygens (including phenoxy) is 2. The van der Waals surface area contributed by atoms with Crippen LogP contribution in [0.15, 0.2) is 60.8 Å². The molecule has 2 atom stereocenters. The Kier molecular flexibility index (Phi) is 65.3. The van der Waals surface area contributed by atoms with Crippen LogP contribution in [0.2, 0.25) is 0 Å². The third-order valence-electron chi connectivity index (χ3n) is 16.5. The van der Waals surface area contributed by atoms with Crippen molar-refractivity contribution in [1.29, 1.82) is 0 Å². The summed E-state index contributed by atoms with van der Waals surface area (Å²) in [5.41, 5.74) is 0. The second-order valence-electron chi connectivity index (χ2n) is 26.3. The molecule has 1 N–H and O–H groups in total. The Morgan fingerprint density at radius 1 is 0.372 bits per heavy atom. The minimum atomic E-state index is -4.39. The zero-order chi connectivity index (χ0) is 62.6. The fraction of sp³-hybridized carbons (Fsp3) is 0.842. The Morgan fingerprint density at radius 3 is 1.00 bits per heavy atom. The van der Waals surface area contributed by atoms with E-state index in [2.05, 4.69) is 74.6 Å². The van der Waals surface area contributed by atoms with E-state index in [9.17, 15) is 19.0 Å². The molecule has 0 aliphatic carbocycles. The lowest BCUT2D eigenvalue weighted by molar-refractivity contribution is -0.870. The molecule has 0 saturated heterocycles. The SMILES string of the molecule is CC/C=C\C/C=C\C/C=C\C/C=C\CCCCCCCCCCCCCCCCCCCCCCCCC(=O)OC(COC(=O)CCCCCCCCCCCCCCCCC/C=C\CCCCCCCCCC)COP(=O)(O)OCC[N+](C)(C)C. The van der Waals surface area contributed by atoms with Gasteiger partial charge in [-0.05, 0) is 77.0 Å². The van der Waals surface area contributed by atoms with Crippen LogP contribution >= 0.6 is 7.82 Å². The Bertz CT molecular complexity index is 1630. The molecule has 0 aliphatic heterocycles. The average molecular weight is 1230 g/mol. The number of unbranched alkanes of at least 4 members (excludes halogenated alkanes) is 45. The van der Waals surface area contributed by atoms with Crippen LogP contribution in [0.5, 0.6) is 0 Å². The molecular formula is C76H143NO8P+. The van der Waals surface area contributed by atoms with E-state index in [-0.39, 0.29) is 25.6 Å². The summed E-state index contributed by atoms with van der Waals surface area (Å²) in [6.45, 7) is 4.38. The van der Waals surface area contributed by atoms with Gasteiger partial charge in [0.2, 0.25) is 0 Å². The van der Waals surface area contributed by atoms with Crippen LogP contribution in [0.25, 0.3) is 0 Å². The number of hydrogen-bond donors (Lipinski definition) is 1. The monoisotopic (exact) mass is 1230 g/mol. The predicted molar refractivity (Wildman–Crippen MR) is 372 cm³/mol. The van der Waals surface area contributed by atoms with Crippen molar-refractivity contribution in [2.45, 2.75) is 367 Å². The van der Waals surface area contributed by atoms with Crippen molar-refractivity contribution in [3.63, 3.8) is 0 Å². The van der Waals surface area contributed by atoms with E-state index in [0.29, 0.717) is 23.9 Å². The molecule has 0 fully saturated rings. The van der Waals surface area contributed by atoms with Gasteiger partial charge in [-0.2, -0.15) is 0 Å². The summed E-state index contributed by atoms with van der Waals surface area (Å²) >= 11 is 0. The highest BCUT2D eigenvalue weighted by Gasteiger charge is 2.27. The van der Waals surface area contributed by atoms with Crippen LogP contribution in [-0.4, -0.2) is 74.9 Å². The molecule has 0 saturated carbocycles. The highest BCUT2D eigenvalue weighted by atomic mass is 31.2. The first-order chi connectivity index (χ1) is 42.0. The van der Waals surface area contributed by atoms with Gasteiger partial charge in [-0.15, -0.1) is 0 Å². The molecule has 2 unspecified atom stereocenters. The highest BCUT2D eigenvalue weighted by molar-refractivity contribution is 7.47. The van der Waals surface area contributed by atoms with Gasteiger partial charge in [0.25, 0.3) is 0 Å². The van der Waals surface area contributed by atoms with Crippen LogP contribution in [0.1, 0.15) is 361 Å². The maximum atomic E-state index is 12.9. The number of hydrogen-bond acceptors (Lipinski definition) is 7. The van der Waals surface area contributed by atoms with Gasteiger partial charge in [-0.25, -0.2) is 4.57 Å². The Labute approximate surface area is 534 Å². The predicted octanol–water partition coefficient (Wildman–Crippen LogP) is 24.2. The lowest BCUT2D eigenvalue weighted by Crippen LogP contribution is -2.37. The molecule has 504 valence electrons. The van der Waals surface area contributed by atoms with Gasteiger partial charge in [0.15, 0.2) is 6.10 Å². The first kappa shape index (κ1) is 83.7. The molecule has 0 amide bonds. The number of phosphoric ester groups is 1. The first-order valence-electron chi connectivity index (χ1n) is 37.0. The summed E-state index contributed by atoms with van der Waals surface area (Å²) in [6, 6.07) is 0. The maximum Gasteiger partial charge on any atom is 0.472 e. The van der Waals surface area contributed by atoms with Gasteiger partial charge in [0.1, 0.15) is 19.8 Å². The number of carbonyl (C=O) groups excluding carboxylic acids is 2. The fourth-order valence-corrected chi connectivity index (χ4v) is 11.6. The fourth-order valence-electron chi connectivity index (χ4n) is 10.9. The largest absolute Gasteiger partial charge is 0.472 e. The Hall–Kier alpha value is -2.29. The number of likely N-dealkylation sites (N-methyl/N-ethyl adjacent to an activating group) is 1. The molecule has 0 aromatic heterocycles. The summed E-state index contributed by atoms with van der Waals surface area (Å²) in [6.07, 6.45) is 89.2. The number of allylic oxidation sites excluding steroid dienone is 10. The normalized spacial score (nSPS) is 13.4. The summed E-state index contributed by atoms with van der Waals surface area (Å²) in [5, 5.41) is 0. The first-order valence-corrected chi connectivity index (χ1v) is 38.5. The number of phosphoric acid groups is 1. The lowest BCUT2D eigenvalue weighted by Gasteiger charge is -2.24. The van der Waals surface area contributed by atoms with E-state index >= 15 is 0 Å². The molecule has 0 radical (unpaired) electrons. The number of carbonyl (C=O) groups is 2. The van der Waals surface area contributed by atoms with Crippen molar-refractivity contribution in [2.24, 2.45) is 0 Å². The Balaban J connectivity index is 3.96. The third kappa shape index (κ3) is 70.8. The number of nitrogens with zero attached hydrogens (tertiary/aromatic N) is 1. The van der Waals surface area contributed by atoms with Gasteiger partial charge in [-0.1, -0.05) is 331 Å². The van der Waals surface area contributed by atoms with Crippen molar-refractivity contribution in [2.75, 3.05) is 47.5 Å². The van der Waals surface area contributed by atoms with E-state index in [1.807, 2.05) is 21.1 Å². The van der Waals surface area contributed by atoms with Crippen molar-refractivity contribution in [3.05, 3.63) is 60.8 Å². The molecule has 0 spiro atoms. The Morgan fingerprint density at radius 2 is 0.663 bits per heavy atom. The molecule has 10 heteroatoms. The molecule has 0 aliphatic rings. The summed E-state index contributed by atoms with van der Waals surface area (Å²) < 4.78 is 34.8. The van der Waals surface area contributed by atoms with Gasteiger partial charge in [0, 0.05) is 12.8 Å². The van der Waals surface area contributed by atoms with E-state index in [0.717, 1.165) is 57.8 Å². The highest BCUT2D eigenvalue weighted by Crippen LogP contribution is 2.43. The van der Waals surface area contributed by atoms with Crippen molar-refractivity contribution in [3.8, 4) is 0 Å². The molecule has 0 bridgehead atoms. The molecule has 0 rings (SSSR count). The van der Waals surface area contributed by atoms with E-state index < -0.39 is 26.5 Å². The van der Waals surface area contributed by atoms with Crippen molar-refractivity contribution >= 4 is 19.8 Å². The minimum Gasteiger partial charge on any atom is -0.462 e. The lowest BCUT2D eigenvalue weighted by atomic mass is 10.0. The molecule has 0 aromatic carbocycles. The van der Waals surface area contributed by atoms with Gasteiger partial charge >= 0.3 is 19.8 Å². The van der Waals surface area contributed by atoms with E-state index in [1.54, 1.807) is 0 Å². The zero-order valence-electron chi connectivity index (χ0n) is 57.6. The van der Waals surface area contributed by atoms with Crippen LogP contribution in [0, 0.1) is 0 Å². The second-order valence-corrected chi connectivity index (χ2v) is 27.8. The summed E-state index contributed by atoms with van der Waals surface area (Å²) in [5.74, 6) is -0.777. The van der Waals surface area contributed by atoms with Crippen molar-refractivity contribution in [1.82, 2.24) is 0 Å².